The van der Waals surface area contributed by atoms with Crippen molar-refractivity contribution in [1.29, 1.82) is 0 Å². The summed E-state index contributed by atoms with van der Waals surface area (Å²) in [5.41, 5.74) is 8.25. The molecule has 4 aromatic carbocycles. The number of anilines is 1. The number of alkyl halides is 1. The van der Waals surface area contributed by atoms with E-state index in [9.17, 15) is 0 Å². The highest BCUT2D eigenvalue weighted by atomic mass is 35.5. The Morgan fingerprint density at radius 2 is 1.69 bits per heavy atom. The minimum absolute atomic E-state index is 0.586. The van der Waals surface area contributed by atoms with Crippen LogP contribution in [0.4, 0.5) is 5.69 Å². The molecule has 0 radical (unpaired) electrons. The van der Waals surface area contributed by atoms with Crippen molar-refractivity contribution in [3.05, 3.63) is 94.6 Å². The number of halogens is 1. The lowest BCUT2D eigenvalue weighted by Crippen LogP contribution is -2.21. The molecule has 0 saturated carbocycles. The van der Waals surface area contributed by atoms with Crippen LogP contribution in [0.25, 0.3) is 27.6 Å². The maximum atomic E-state index is 5.95. The molecule has 1 aliphatic heterocycles. The van der Waals surface area contributed by atoms with E-state index in [2.05, 4.69) is 91.7 Å². The summed E-state index contributed by atoms with van der Waals surface area (Å²) in [7, 11) is 2.10. The van der Waals surface area contributed by atoms with Crippen molar-refractivity contribution < 1.29 is 0 Å². The molecule has 1 heterocycles. The van der Waals surface area contributed by atoms with Crippen molar-refractivity contribution >= 4 is 44.9 Å². The molecule has 0 amide bonds. The number of hydrogen-bond donors (Lipinski definition) is 0. The molecule has 0 aromatic heterocycles. The fourth-order valence-electron chi connectivity index (χ4n) is 5.35. The summed E-state index contributed by atoms with van der Waals surface area (Å²) in [6.07, 6.45) is 9.58. The van der Waals surface area contributed by atoms with E-state index in [1.165, 1.54) is 69.6 Å². The van der Waals surface area contributed by atoms with Gasteiger partial charge >= 0.3 is 0 Å². The summed E-state index contributed by atoms with van der Waals surface area (Å²) in [4.78, 5) is 2.24. The Balaban J connectivity index is 0.000000140. The van der Waals surface area contributed by atoms with E-state index in [1.54, 1.807) is 11.1 Å². The van der Waals surface area contributed by atoms with Crippen molar-refractivity contribution in [2.24, 2.45) is 0 Å². The van der Waals surface area contributed by atoms with Gasteiger partial charge in [0.2, 0.25) is 0 Å². The zero-order valence-corrected chi connectivity index (χ0v) is 19.8. The first-order valence-electron chi connectivity index (χ1n) is 11.6. The van der Waals surface area contributed by atoms with Crippen molar-refractivity contribution in [3.8, 4) is 0 Å². The zero-order valence-electron chi connectivity index (χ0n) is 19.0. The Morgan fingerprint density at radius 1 is 0.875 bits per heavy atom. The van der Waals surface area contributed by atoms with Crippen LogP contribution in [-0.4, -0.2) is 13.6 Å². The smallest absolute Gasteiger partial charge is 0.0494 e. The summed E-state index contributed by atoms with van der Waals surface area (Å²) in [5, 5.41) is 5.64. The lowest BCUT2D eigenvalue weighted by molar-refractivity contribution is 0.690. The van der Waals surface area contributed by atoms with E-state index < -0.39 is 0 Å². The molecule has 0 unspecified atom stereocenters. The summed E-state index contributed by atoms with van der Waals surface area (Å²) < 4.78 is 0. The Bertz CT molecular complexity index is 1320. The highest BCUT2D eigenvalue weighted by Crippen LogP contribution is 2.33. The van der Waals surface area contributed by atoms with Crippen LogP contribution in [0.2, 0.25) is 0 Å². The molecule has 0 atom stereocenters. The van der Waals surface area contributed by atoms with Crippen molar-refractivity contribution in [1.82, 2.24) is 0 Å². The first-order valence-corrected chi connectivity index (χ1v) is 12.2. The zero-order chi connectivity index (χ0) is 22.1. The monoisotopic (exact) mass is 439 g/mol. The van der Waals surface area contributed by atoms with Crippen molar-refractivity contribution in [2.45, 2.75) is 38.5 Å². The minimum Gasteiger partial charge on any atom is -0.370 e. The standard InChI is InChI=1S/C18H16.C12H14ClN/c1-3-7-15-13(5-1)9-11-18-16-8-4-2-6-14(16)10-12-17(15)18;1-9-6-10-4-3-5-14(2)12(10)11(7-9)8-13/h1,3,5,7,9-12H,2,4,6,8H2;3-4,6-7H,5,8H2,1-2H3. The highest BCUT2D eigenvalue weighted by molar-refractivity contribution is 6.17. The molecule has 0 N–H and O–H groups in total. The Kier molecular flexibility index (Phi) is 5.93. The summed E-state index contributed by atoms with van der Waals surface area (Å²) >= 11 is 5.95. The van der Waals surface area contributed by atoms with Gasteiger partial charge in [0.25, 0.3) is 0 Å². The number of likely N-dealkylation sites (N-methyl/N-ethyl adjacent to an activating group) is 1. The number of hydrogen-bond acceptors (Lipinski definition) is 1. The van der Waals surface area contributed by atoms with E-state index in [4.69, 9.17) is 11.6 Å². The Labute approximate surface area is 196 Å². The van der Waals surface area contributed by atoms with Crippen LogP contribution in [-0.2, 0) is 18.7 Å². The lowest BCUT2D eigenvalue weighted by atomic mass is 9.86. The highest BCUT2D eigenvalue weighted by Gasteiger charge is 2.14. The van der Waals surface area contributed by atoms with E-state index in [0.29, 0.717) is 5.88 Å². The predicted molar refractivity (Wildman–Crippen MR) is 141 cm³/mol. The van der Waals surface area contributed by atoms with E-state index in [1.807, 2.05) is 0 Å². The van der Waals surface area contributed by atoms with Gasteiger partial charge in [-0.15, -0.1) is 11.6 Å². The maximum Gasteiger partial charge on any atom is 0.0494 e. The van der Waals surface area contributed by atoms with E-state index >= 15 is 0 Å². The molecule has 0 bridgehead atoms. The quantitative estimate of drug-likeness (QED) is 0.214. The van der Waals surface area contributed by atoms with Gasteiger partial charge in [0.1, 0.15) is 0 Å². The molecule has 0 fully saturated rings. The largest absolute Gasteiger partial charge is 0.370 e. The number of nitrogens with zero attached hydrogens (tertiary/aromatic N) is 1. The molecular formula is C30H30ClN. The Morgan fingerprint density at radius 3 is 2.56 bits per heavy atom. The van der Waals surface area contributed by atoms with Crippen molar-refractivity contribution in [3.63, 3.8) is 0 Å². The van der Waals surface area contributed by atoms with Crippen LogP contribution in [0.15, 0.2) is 66.7 Å². The molecule has 32 heavy (non-hydrogen) atoms. The first kappa shape index (κ1) is 21.1. The SMILES string of the molecule is Cc1cc2c(c(CCl)c1)N(C)CC=C2.c1ccc2c(c1)ccc1c3c(ccc12)CCCC3. The lowest BCUT2D eigenvalue weighted by Gasteiger charge is -2.26. The summed E-state index contributed by atoms with van der Waals surface area (Å²) in [6, 6.07) is 22.3. The average Bonchev–Trinajstić information content (AvgIpc) is 2.83. The molecule has 6 rings (SSSR count). The predicted octanol–water partition coefficient (Wildman–Crippen LogP) is 8.07. The second-order valence-electron chi connectivity index (χ2n) is 9.07. The van der Waals surface area contributed by atoms with Gasteiger partial charge in [-0.2, -0.15) is 0 Å². The fourth-order valence-corrected chi connectivity index (χ4v) is 5.55. The minimum atomic E-state index is 0.586. The maximum absolute atomic E-state index is 5.95. The van der Waals surface area contributed by atoms with Gasteiger partial charge in [-0.1, -0.05) is 72.3 Å². The topological polar surface area (TPSA) is 3.24 Å². The van der Waals surface area contributed by atoms with Gasteiger partial charge < -0.3 is 4.90 Å². The van der Waals surface area contributed by atoms with Gasteiger partial charge in [-0.25, -0.2) is 0 Å². The molecule has 162 valence electrons. The van der Waals surface area contributed by atoms with Gasteiger partial charge in [0, 0.05) is 25.2 Å². The summed E-state index contributed by atoms with van der Waals surface area (Å²) in [6.45, 7) is 3.08. The summed E-state index contributed by atoms with van der Waals surface area (Å²) in [5.74, 6) is 0.586. The molecule has 1 nitrogen and oxygen atoms in total. The molecule has 0 spiro atoms. The number of fused-ring (bicyclic) bond motifs is 6. The van der Waals surface area contributed by atoms with Crippen LogP contribution in [0.1, 0.15) is 40.7 Å². The van der Waals surface area contributed by atoms with Crippen LogP contribution in [0.5, 0.6) is 0 Å². The van der Waals surface area contributed by atoms with Crippen LogP contribution in [0.3, 0.4) is 0 Å². The van der Waals surface area contributed by atoms with Gasteiger partial charge in [0.05, 0.1) is 0 Å². The second kappa shape index (κ2) is 9.00. The van der Waals surface area contributed by atoms with Gasteiger partial charge in [-0.05, 0) is 82.5 Å². The average molecular weight is 440 g/mol. The molecule has 2 heteroatoms. The van der Waals surface area contributed by atoms with Crippen LogP contribution >= 0.6 is 11.6 Å². The van der Waals surface area contributed by atoms with Gasteiger partial charge in [0.15, 0.2) is 0 Å². The fraction of sp³-hybridized carbons (Fsp3) is 0.267. The third-order valence-electron chi connectivity index (χ3n) is 6.82. The Hall–Kier alpha value is -2.77. The van der Waals surface area contributed by atoms with Crippen LogP contribution in [0, 0.1) is 6.92 Å². The molecule has 4 aromatic rings. The van der Waals surface area contributed by atoms with Gasteiger partial charge in [-0.3, -0.25) is 0 Å². The molecule has 1 aliphatic carbocycles. The molecular weight excluding hydrogens is 410 g/mol. The van der Waals surface area contributed by atoms with Crippen molar-refractivity contribution in [2.75, 3.05) is 18.5 Å². The van der Waals surface area contributed by atoms with E-state index in [-0.39, 0.29) is 0 Å². The number of rotatable bonds is 1. The molecule has 0 saturated heterocycles. The van der Waals surface area contributed by atoms with Crippen LogP contribution < -0.4 is 4.90 Å². The first-order chi connectivity index (χ1) is 15.7. The third kappa shape index (κ3) is 3.91. The normalized spacial score (nSPS) is 14.7. The number of benzene rings is 4. The third-order valence-corrected chi connectivity index (χ3v) is 7.11. The van der Waals surface area contributed by atoms with E-state index in [0.717, 1.165) is 6.54 Å². The molecule has 2 aliphatic rings. The number of aryl methyl sites for hydroxylation is 3. The second-order valence-corrected chi connectivity index (χ2v) is 9.34.